The van der Waals surface area contributed by atoms with E-state index in [4.69, 9.17) is 20.2 Å². The van der Waals surface area contributed by atoms with Crippen molar-refractivity contribution in [3.8, 4) is 5.75 Å². The Balaban J connectivity index is 2.73. The lowest BCUT2D eigenvalue weighted by Gasteiger charge is -2.15. The van der Waals surface area contributed by atoms with E-state index in [1.54, 1.807) is 0 Å². The summed E-state index contributed by atoms with van der Waals surface area (Å²) < 4.78 is 45.7. The lowest BCUT2D eigenvalue weighted by molar-refractivity contribution is -0.127. The zero-order valence-corrected chi connectivity index (χ0v) is 13.0. The highest BCUT2D eigenvalue weighted by Gasteiger charge is 2.18. The van der Waals surface area contributed by atoms with Gasteiger partial charge in [-0.05, 0) is 25.1 Å². The first-order valence-corrected chi connectivity index (χ1v) is 8.24. The maximum atomic E-state index is 13.7. The van der Waals surface area contributed by atoms with Crippen molar-refractivity contribution < 1.29 is 27.1 Å². The second-order valence-electron chi connectivity index (χ2n) is 4.07. The molecule has 1 rings (SSSR count). The molecule has 0 aliphatic carbocycles. The van der Waals surface area contributed by atoms with Gasteiger partial charge in [0.25, 0.3) is 15.0 Å². The first kappa shape index (κ1) is 17.7. The molecule has 0 heterocycles. The molecular weight excluding hydrogens is 325 g/mol. The number of benzene rings is 1. The lowest BCUT2D eigenvalue weighted by atomic mass is 10.3. The van der Waals surface area contributed by atoms with E-state index >= 15 is 0 Å². The third-order valence-electron chi connectivity index (χ3n) is 2.46. The highest BCUT2D eigenvalue weighted by molar-refractivity contribution is 8.13. The fourth-order valence-electron chi connectivity index (χ4n) is 1.39. The van der Waals surface area contributed by atoms with Crippen LogP contribution in [-0.2, 0) is 18.6 Å². The average Bonchev–Trinajstić information content (AvgIpc) is 2.39. The van der Waals surface area contributed by atoms with Crippen LogP contribution in [0.3, 0.4) is 0 Å². The molecule has 0 bridgehead atoms. The summed E-state index contributed by atoms with van der Waals surface area (Å²) in [6.07, 6.45) is -0.949. The standard InChI is InChI=1S/C12H15ClFNO5S/c1-8(12(16)15-5-6-19-2)20-11-4-3-9(7-10(11)14)21(13,17)18/h3-4,7-8H,5-6H2,1-2H3,(H,15,16). The number of methoxy groups -OCH3 is 1. The summed E-state index contributed by atoms with van der Waals surface area (Å²) in [4.78, 5) is 11.2. The van der Waals surface area contributed by atoms with Gasteiger partial charge in [-0.1, -0.05) is 0 Å². The second-order valence-corrected chi connectivity index (χ2v) is 6.64. The van der Waals surface area contributed by atoms with Crippen LogP contribution in [0.15, 0.2) is 23.1 Å². The predicted molar refractivity (Wildman–Crippen MR) is 74.4 cm³/mol. The number of carbonyl (C=O) groups is 1. The third-order valence-corrected chi connectivity index (χ3v) is 3.81. The minimum atomic E-state index is -4.02. The van der Waals surface area contributed by atoms with Crippen LogP contribution in [0, 0.1) is 5.82 Å². The summed E-state index contributed by atoms with van der Waals surface area (Å²) in [7, 11) is 2.57. The number of hydrogen-bond donors (Lipinski definition) is 1. The number of rotatable bonds is 7. The molecule has 118 valence electrons. The van der Waals surface area contributed by atoms with E-state index in [0.29, 0.717) is 13.2 Å². The Morgan fingerprint density at radius 3 is 2.67 bits per heavy atom. The van der Waals surface area contributed by atoms with Crippen LogP contribution in [-0.4, -0.2) is 40.7 Å². The van der Waals surface area contributed by atoms with Gasteiger partial charge in [0.2, 0.25) is 0 Å². The Morgan fingerprint density at radius 1 is 1.48 bits per heavy atom. The molecule has 0 aromatic heterocycles. The molecule has 0 saturated heterocycles. The summed E-state index contributed by atoms with van der Waals surface area (Å²) in [6, 6.07) is 2.92. The SMILES string of the molecule is COCCNC(=O)C(C)Oc1ccc(S(=O)(=O)Cl)cc1F. The number of carbonyl (C=O) groups excluding carboxylic acids is 1. The van der Waals surface area contributed by atoms with Crippen molar-refractivity contribution in [2.24, 2.45) is 0 Å². The molecule has 6 nitrogen and oxygen atoms in total. The topological polar surface area (TPSA) is 81.7 Å². The van der Waals surface area contributed by atoms with Crippen molar-refractivity contribution in [1.82, 2.24) is 5.32 Å². The summed E-state index contributed by atoms with van der Waals surface area (Å²) in [5.74, 6) is -1.61. The van der Waals surface area contributed by atoms with E-state index in [2.05, 4.69) is 5.32 Å². The number of nitrogens with one attached hydrogen (secondary N) is 1. The summed E-state index contributed by atoms with van der Waals surface area (Å²) in [6.45, 7) is 2.08. The summed E-state index contributed by atoms with van der Waals surface area (Å²) >= 11 is 0. The highest BCUT2D eigenvalue weighted by Crippen LogP contribution is 2.24. The molecule has 0 radical (unpaired) electrons. The maximum absolute atomic E-state index is 13.7. The van der Waals surface area contributed by atoms with Gasteiger partial charge < -0.3 is 14.8 Å². The molecule has 0 aliphatic heterocycles. The van der Waals surface area contributed by atoms with Crippen LogP contribution in [0.5, 0.6) is 5.75 Å². The molecule has 0 spiro atoms. The van der Waals surface area contributed by atoms with E-state index in [1.165, 1.54) is 14.0 Å². The Kier molecular flexibility index (Phi) is 6.38. The van der Waals surface area contributed by atoms with E-state index in [9.17, 15) is 17.6 Å². The Labute approximate surface area is 126 Å². The summed E-state index contributed by atoms with van der Waals surface area (Å²) in [5, 5.41) is 2.53. The van der Waals surface area contributed by atoms with Crippen LogP contribution < -0.4 is 10.1 Å². The highest BCUT2D eigenvalue weighted by atomic mass is 35.7. The van der Waals surface area contributed by atoms with Crippen molar-refractivity contribution in [3.63, 3.8) is 0 Å². The average molecular weight is 340 g/mol. The predicted octanol–water partition coefficient (Wildman–Crippen LogP) is 1.28. The molecule has 0 fully saturated rings. The zero-order chi connectivity index (χ0) is 16.0. The van der Waals surface area contributed by atoms with Crippen LogP contribution in [0.2, 0.25) is 0 Å². The van der Waals surface area contributed by atoms with Crippen LogP contribution in [0.1, 0.15) is 6.92 Å². The molecule has 1 amide bonds. The van der Waals surface area contributed by atoms with Crippen molar-refractivity contribution in [3.05, 3.63) is 24.0 Å². The van der Waals surface area contributed by atoms with Gasteiger partial charge in [0.1, 0.15) is 0 Å². The molecule has 1 unspecified atom stereocenters. The molecule has 1 N–H and O–H groups in total. The third kappa shape index (κ3) is 5.49. The Morgan fingerprint density at radius 2 is 2.14 bits per heavy atom. The second kappa shape index (κ2) is 7.58. The fraction of sp³-hybridized carbons (Fsp3) is 0.417. The van der Waals surface area contributed by atoms with Crippen LogP contribution in [0.4, 0.5) is 4.39 Å². The zero-order valence-electron chi connectivity index (χ0n) is 11.4. The quantitative estimate of drug-likeness (QED) is 0.598. The molecule has 1 aromatic rings. The van der Waals surface area contributed by atoms with Gasteiger partial charge in [0.15, 0.2) is 17.7 Å². The number of ether oxygens (including phenoxy) is 2. The van der Waals surface area contributed by atoms with Gasteiger partial charge in [-0.15, -0.1) is 0 Å². The summed E-state index contributed by atoms with van der Waals surface area (Å²) in [5.41, 5.74) is 0. The van der Waals surface area contributed by atoms with Gasteiger partial charge in [-0.3, -0.25) is 4.79 Å². The minimum Gasteiger partial charge on any atom is -0.478 e. The minimum absolute atomic E-state index is 0.242. The molecule has 21 heavy (non-hydrogen) atoms. The molecule has 0 saturated carbocycles. The van der Waals surface area contributed by atoms with E-state index in [-0.39, 0.29) is 10.6 Å². The van der Waals surface area contributed by atoms with Crippen LogP contribution in [0.25, 0.3) is 0 Å². The largest absolute Gasteiger partial charge is 0.478 e. The monoisotopic (exact) mass is 339 g/mol. The maximum Gasteiger partial charge on any atom is 0.261 e. The van der Waals surface area contributed by atoms with Crippen molar-refractivity contribution in [2.45, 2.75) is 17.9 Å². The lowest BCUT2D eigenvalue weighted by Crippen LogP contribution is -2.38. The molecular formula is C12H15ClFNO5S. The molecule has 1 atom stereocenters. The number of hydrogen-bond acceptors (Lipinski definition) is 5. The van der Waals surface area contributed by atoms with E-state index < -0.39 is 26.9 Å². The number of halogens is 2. The van der Waals surface area contributed by atoms with Crippen molar-refractivity contribution >= 4 is 25.6 Å². The van der Waals surface area contributed by atoms with Gasteiger partial charge in [-0.25, -0.2) is 12.8 Å². The normalized spacial score (nSPS) is 12.8. The molecule has 0 aliphatic rings. The fourth-order valence-corrected chi connectivity index (χ4v) is 2.16. The molecule has 1 aromatic carbocycles. The van der Waals surface area contributed by atoms with Crippen LogP contribution >= 0.6 is 10.7 Å². The van der Waals surface area contributed by atoms with Gasteiger partial charge >= 0.3 is 0 Å². The van der Waals surface area contributed by atoms with Crippen molar-refractivity contribution in [2.75, 3.05) is 20.3 Å². The molecule has 9 heteroatoms. The first-order valence-electron chi connectivity index (χ1n) is 5.93. The Bertz CT molecular complexity index is 608. The first-order chi connectivity index (χ1) is 9.75. The van der Waals surface area contributed by atoms with E-state index in [1.807, 2.05) is 0 Å². The van der Waals surface area contributed by atoms with Gasteiger partial charge in [0.05, 0.1) is 11.5 Å². The smallest absolute Gasteiger partial charge is 0.261 e. The van der Waals surface area contributed by atoms with E-state index in [0.717, 1.165) is 18.2 Å². The van der Waals surface area contributed by atoms with Crippen molar-refractivity contribution in [1.29, 1.82) is 0 Å². The van der Waals surface area contributed by atoms with Gasteiger partial charge in [-0.2, -0.15) is 0 Å². The van der Waals surface area contributed by atoms with Gasteiger partial charge in [0, 0.05) is 24.3 Å². The number of amides is 1. The Hall–Kier alpha value is -1.38.